The van der Waals surface area contributed by atoms with Crippen LogP contribution in [0.25, 0.3) is 11.6 Å². The summed E-state index contributed by atoms with van der Waals surface area (Å²) in [6, 6.07) is 20.7. The molecule has 3 aromatic rings. The van der Waals surface area contributed by atoms with Crippen LogP contribution >= 0.6 is 0 Å². The van der Waals surface area contributed by atoms with Crippen molar-refractivity contribution in [2.45, 2.75) is 11.1 Å². The molecule has 4 rings (SSSR count). The van der Waals surface area contributed by atoms with Gasteiger partial charge in [0.2, 0.25) is 0 Å². The molecule has 1 N–H and O–H groups in total. The van der Waals surface area contributed by atoms with E-state index in [9.17, 15) is 9.59 Å². The average Bonchev–Trinajstić information content (AvgIpc) is 3.15. The molecule has 166 valence electrons. The Kier molecular flexibility index (Phi) is 6.85. The molecule has 0 aliphatic carbocycles. The molecule has 0 fully saturated rings. The Bertz CT molecular complexity index is 1220. The number of para-hydroxylation sites is 1. The van der Waals surface area contributed by atoms with Gasteiger partial charge in [-0.3, -0.25) is 4.79 Å². The van der Waals surface area contributed by atoms with Gasteiger partial charge in [-0.1, -0.05) is 18.2 Å². The first kappa shape index (κ1) is 22.7. The van der Waals surface area contributed by atoms with Gasteiger partial charge in [0.05, 0.1) is 0 Å². The van der Waals surface area contributed by atoms with Gasteiger partial charge >= 0.3 is 144 Å². The standard InChI is InChI=1S/C26H22AsNO5/c1-31-24-15-17(13-20-19-5-3-4-6-22(19)28-25(20)29)9-12-23(24)33-18-10-7-16(8-11-18)14-21(27)26(30)32-2/h3-13,15,21H,14H2,1-2H3,(H,28,29). The zero-order valence-electron chi connectivity index (χ0n) is 18.2. The molecular formula is C26H22AsNO5. The Morgan fingerprint density at radius 2 is 1.79 bits per heavy atom. The Labute approximate surface area is 201 Å². The second kappa shape index (κ2) is 9.97. The second-order valence-corrected chi connectivity index (χ2v) is 8.76. The van der Waals surface area contributed by atoms with Gasteiger partial charge in [0.25, 0.3) is 5.91 Å². The first-order valence-electron chi connectivity index (χ1n) is 10.3. The third-order valence-electron chi connectivity index (χ3n) is 5.26. The Morgan fingerprint density at radius 1 is 1.03 bits per heavy atom. The number of hydrogen-bond donors (Lipinski definition) is 1. The number of carbonyl (C=O) groups is 2. The van der Waals surface area contributed by atoms with Crippen LogP contribution in [0.2, 0.25) is 4.71 Å². The van der Waals surface area contributed by atoms with Crippen molar-refractivity contribution in [3.8, 4) is 17.2 Å². The predicted molar refractivity (Wildman–Crippen MR) is 128 cm³/mol. The summed E-state index contributed by atoms with van der Waals surface area (Å²) in [4.78, 5) is 24.0. The van der Waals surface area contributed by atoms with Crippen molar-refractivity contribution in [1.29, 1.82) is 0 Å². The number of methoxy groups -OCH3 is 2. The van der Waals surface area contributed by atoms with E-state index >= 15 is 0 Å². The molecule has 1 amide bonds. The number of amides is 1. The van der Waals surface area contributed by atoms with Crippen molar-refractivity contribution >= 4 is 46.1 Å². The summed E-state index contributed by atoms with van der Waals surface area (Å²) in [5.74, 6) is 1.37. The van der Waals surface area contributed by atoms with E-state index in [1.807, 2.05) is 72.8 Å². The topological polar surface area (TPSA) is 73.9 Å². The third-order valence-corrected chi connectivity index (χ3v) is 6.09. The van der Waals surface area contributed by atoms with Gasteiger partial charge < -0.3 is 5.32 Å². The van der Waals surface area contributed by atoms with Crippen molar-refractivity contribution in [2.75, 3.05) is 19.5 Å². The van der Waals surface area contributed by atoms with E-state index in [1.165, 1.54) is 7.11 Å². The van der Waals surface area contributed by atoms with E-state index in [4.69, 9.17) is 14.2 Å². The molecule has 0 spiro atoms. The van der Waals surface area contributed by atoms with Crippen LogP contribution in [0.3, 0.4) is 0 Å². The molecule has 0 saturated carbocycles. The molecule has 6 nitrogen and oxygen atoms in total. The average molecular weight is 503 g/mol. The Morgan fingerprint density at radius 3 is 2.52 bits per heavy atom. The first-order valence-corrected chi connectivity index (χ1v) is 11.4. The van der Waals surface area contributed by atoms with Crippen LogP contribution in [-0.2, 0) is 20.7 Å². The molecule has 3 aromatic carbocycles. The van der Waals surface area contributed by atoms with E-state index in [0.29, 0.717) is 29.2 Å². The first-order chi connectivity index (χ1) is 16.0. The van der Waals surface area contributed by atoms with Gasteiger partial charge in [-0.15, -0.1) is 0 Å². The van der Waals surface area contributed by atoms with Crippen LogP contribution in [0.1, 0.15) is 16.7 Å². The molecule has 7 heteroatoms. The number of carbonyl (C=O) groups excluding carboxylic acids is 2. The molecule has 0 bridgehead atoms. The zero-order valence-corrected chi connectivity index (χ0v) is 20.1. The minimum absolute atomic E-state index is 0.129. The number of ether oxygens (including phenoxy) is 3. The number of benzene rings is 3. The van der Waals surface area contributed by atoms with E-state index < -0.39 is 0 Å². The SMILES string of the molecule is COC(=O)C([As])Cc1ccc(Oc2ccc(C=C3C(=O)Nc4ccccc43)cc2OC)cc1. The normalized spacial score (nSPS) is 14.4. The molecule has 1 atom stereocenters. The van der Waals surface area contributed by atoms with Crippen LogP contribution in [0, 0.1) is 0 Å². The van der Waals surface area contributed by atoms with Crippen molar-refractivity contribution in [1.82, 2.24) is 0 Å². The van der Waals surface area contributed by atoms with E-state index in [-0.39, 0.29) is 16.6 Å². The molecular weight excluding hydrogens is 481 g/mol. The van der Waals surface area contributed by atoms with E-state index in [0.717, 1.165) is 22.4 Å². The number of fused-ring (bicyclic) bond motifs is 1. The van der Waals surface area contributed by atoms with Gasteiger partial charge in [0.1, 0.15) is 0 Å². The maximum absolute atomic E-state index is 12.4. The van der Waals surface area contributed by atoms with Crippen LogP contribution in [0.4, 0.5) is 5.69 Å². The van der Waals surface area contributed by atoms with Gasteiger partial charge in [0, 0.05) is 16.8 Å². The molecule has 1 heterocycles. The van der Waals surface area contributed by atoms with Crippen LogP contribution in [0.15, 0.2) is 66.7 Å². The van der Waals surface area contributed by atoms with Crippen LogP contribution in [-0.4, -0.2) is 42.9 Å². The van der Waals surface area contributed by atoms with Crippen LogP contribution < -0.4 is 14.8 Å². The number of rotatable bonds is 7. The Balaban J connectivity index is 1.51. The van der Waals surface area contributed by atoms with Crippen molar-refractivity contribution in [3.05, 3.63) is 83.4 Å². The molecule has 33 heavy (non-hydrogen) atoms. The second-order valence-electron chi connectivity index (χ2n) is 7.46. The summed E-state index contributed by atoms with van der Waals surface area (Å²) < 4.78 is 16.0. The van der Waals surface area contributed by atoms with Crippen molar-refractivity contribution in [2.24, 2.45) is 0 Å². The minimum atomic E-state index is -0.273. The number of esters is 1. The van der Waals surface area contributed by atoms with Gasteiger partial charge in [-0.05, 0) is 6.07 Å². The van der Waals surface area contributed by atoms with Gasteiger partial charge in [-0.2, -0.15) is 0 Å². The summed E-state index contributed by atoms with van der Waals surface area (Å²) in [5, 5.41) is 2.88. The monoisotopic (exact) mass is 503 g/mol. The van der Waals surface area contributed by atoms with Crippen molar-refractivity contribution in [3.63, 3.8) is 0 Å². The quantitative estimate of drug-likeness (QED) is 0.289. The molecule has 1 unspecified atom stereocenters. The summed E-state index contributed by atoms with van der Waals surface area (Å²) >= 11 is 2.34. The van der Waals surface area contributed by atoms with E-state index in [1.54, 1.807) is 7.11 Å². The van der Waals surface area contributed by atoms with E-state index in [2.05, 4.69) is 22.2 Å². The third kappa shape index (κ3) is 5.12. The summed E-state index contributed by atoms with van der Waals surface area (Å²) in [6.07, 6.45) is 2.40. The van der Waals surface area contributed by atoms with Crippen molar-refractivity contribution < 1.29 is 23.8 Å². The fourth-order valence-corrected chi connectivity index (χ4v) is 4.23. The summed E-state index contributed by atoms with van der Waals surface area (Å²) in [7, 11) is 2.96. The van der Waals surface area contributed by atoms with Gasteiger partial charge in [-0.25, -0.2) is 0 Å². The molecule has 1 aliphatic heterocycles. The number of hydrogen-bond acceptors (Lipinski definition) is 5. The summed E-state index contributed by atoms with van der Waals surface area (Å²) in [5.41, 5.74) is 4.12. The Hall–Kier alpha value is -3.50. The maximum atomic E-state index is 12.4. The number of anilines is 1. The molecule has 1 aliphatic rings. The van der Waals surface area contributed by atoms with Gasteiger partial charge in [0.15, 0.2) is 0 Å². The molecule has 0 saturated heterocycles. The fraction of sp³-hybridized carbons (Fsp3) is 0.154. The molecule has 0 aromatic heterocycles. The number of nitrogens with one attached hydrogen (secondary N) is 1. The summed E-state index contributed by atoms with van der Waals surface area (Å²) in [6.45, 7) is 0. The van der Waals surface area contributed by atoms with Crippen LogP contribution in [0.5, 0.6) is 17.2 Å². The zero-order chi connectivity index (χ0) is 23.4. The fourth-order valence-electron chi connectivity index (χ4n) is 3.57. The predicted octanol–water partition coefficient (Wildman–Crippen LogP) is 4.65. The molecule has 2 radical (unpaired) electrons.